The normalized spacial score (nSPS) is 17.8. The zero-order valence-corrected chi connectivity index (χ0v) is 9.71. The first-order valence-electron chi connectivity index (χ1n) is 4.98. The van der Waals surface area contributed by atoms with Gasteiger partial charge in [-0.15, -0.1) is 11.3 Å². The van der Waals surface area contributed by atoms with Crippen molar-refractivity contribution in [3.63, 3.8) is 0 Å². The van der Waals surface area contributed by atoms with E-state index < -0.39 is 0 Å². The summed E-state index contributed by atoms with van der Waals surface area (Å²) in [4.78, 5) is 26.0. The summed E-state index contributed by atoms with van der Waals surface area (Å²) in [6.45, 7) is 2.31. The predicted molar refractivity (Wildman–Crippen MR) is 61.1 cm³/mol. The number of amides is 3. The largest absolute Gasteiger partial charge is 0.329 e. The summed E-state index contributed by atoms with van der Waals surface area (Å²) in [5.41, 5.74) is 5.95. The van der Waals surface area contributed by atoms with Gasteiger partial charge in [0.25, 0.3) is 0 Å². The number of nitrogens with zero attached hydrogens (tertiary/aromatic N) is 1. The lowest BCUT2D eigenvalue weighted by atomic mass is 10.2. The molecule has 1 fully saturated rings. The minimum Gasteiger partial charge on any atom is -0.329 e. The Labute approximate surface area is 97.2 Å². The van der Waals surface area contributed by atoms with E-state index in [4.69, 9.17) is 5.73 Å². The summed E-state index contributed by atoms with van der Waals surface area (Å²) in [5.74, 6) is -0.214. The highest BCUT2D eigenvalue weighted by Crippen LogP contribution is 2.22. The molecule has 0 radical (unpaired) electrons. The first-order chi connectivity index (χ1) is 7.58. The van der Waals surface area contributed by atoms with Crippen LogP contribution in [0.3, 0.4) is 0 Å². The van der Waals surface area contributed by atoms with E-state index in [1.54, 1.807) is 11.3 Å². The Morgan fingerprint density at radius 3 is 2.81 bits per heavy atom. The van der Waals surface area contributed by atoms with Crippen molar-refractivity contribution in [1.29, 1.82) is 0 Å². The second-order valence-corrected chi connectivity index (χ2v) is 5.04. The Bertz CT molecular complexity index is 413. The topological polar surface area (TPSA) is 75.4 Å². The van der Waals surface area contributed by atoms with E-state index in [0.29, 0.717) is 0 Å². The molecule has 0 saturated carbocycles. The average Bonchev–Trinajstić information content (AvgIpc) is 2.79. The molecule has 16 heavy (non-hydrogen) atoms. The summed E-state index contributed by atoms with van der Waals surface area (Å²) in [7, 11) is 0. The molecule has 1 aromatic rings. The summed E-state index contributed by atoms with van der Waals surface area (Å²) < 4.78 is 0. The van der Waals surface area contributed by atoms with E-state index in [2.05, 4.69) is 5.32 Å². The number of hydrogen-bond acceptors (Lipinski definition) is 4. The molecule has 1 aliphatic rings. The molecular formula is C10H13N3O2S. The van der Waals surface area contributed by atoms with Crippen molar-refractivity contribution in [1.82, 2.24) is 10.2 Å². The van der Waals surface area contributed by atoms with Crippen LogP contribution in [0.5, 0.6) is 0 Å². The van der Waals surface area contributed by atoms with Crippen LogP contribution in [0.1, 0.15) is 15.8 Å². The molecule has 0 aliphatic carbocycles. The fourth-order valence-electron chi connectivity index (χ4n) is 1.58. The van der Waals surface area contributed by atoms with E-state index in [9.17, 15) is 9.59 Å². The fourth-order valence-corrected chi connectivity index (χ4v) is 2.45. The van der Waals surface area contributed by atoms with E-state index in [0.717, 1.165) is 4.88 Å². The minimum absolute atomic E-state index is 0.0784. The lowest BCUT2D eigenvalue weighted by Crippen LogP contribution is -2.37. The summed E-state index contributed by atoms with van der Waals surface area (Å²) in [6, 6.07) is 3.26. The minimum atomic E-state index is -0.353. The van der Waals surface area contributed by atoms with Gasteiger partial charge in [-0.25, -0.2) is 4.79 Å². The number of carbonyl (C=O) groups excluding carboxylic acids is 2. The number of rotatable bonds is 3. The molecule has 1 saturated heterocycles. The maximum Gasteiger partial charge on any atom is 0.324 e. The third-order valence-electron chi connectivity index (χ3n) is 2.44. The lowest BCUT2D eigenvalue weighted by Gasteiger charge is -2.16. The van der Waals surface area contributed by atoms with Crippen molar-refractivity contribution in [2.75, 3.05) is 13.1 Å². The molecule has 3 amide bonds. The molecule has 6 heteroatoms. The number of hydrogen-bond donors (Lipinski definition) is 2. The third kappa shape index (κ3) is 2.07. The van der Waals surface area contributed by atoms with Gasteiger partial charge in [0.1, 0.15) is 0 Å². The molecule has 1 atom stereocenters. The van der Waals surface area contributed by atoms with Gasteiger partial charge in [-0.1, -0.05) is 0 Å². The number of imide groups is 1. The monoisotopic (exact) mass is 239 g/mol. The second kappa shape index (κ2) is 4.23. The highest BCUT2D eigenvalue weighted by Gasteiger charge is 2.30. The Balaban J connectivity index is 2.04. The summed E-state index contributed by atoms with van der Waals surface area (Å²) in [5, 5.41) is 2.47. The number of nitrogens with one attached hydrogen (secondary N) is 1. The van der Waals surface area contributed by atoms with E-state index in [1.165, 1.54) is 9.78 Å². The molecule has 0 aromatic carbocycles. The first kappa shape index (κ1) is 11.1. The molecule has 1 unspecified atom stereocenters. The van der Waals surface area contributed by atoms with Gasteiger partial charge in [-0.3, -0.25) is 9.69 Å². The Morgan fingerprint density at radius 2 is 2.31 bits per heavy atom. The summed E-state index contributed by atoms with van der Waals surface area (Å²) >= 11 is 1.59. The van der Waals surface area contributed by atoms with Gasteiger partial charge in [0.15, 0.2) is 0 Å². The zero-order valence-electron chi connectivity index (χ0n) is 8.90. The zero-order chi connectivity index (χ0) is 11.7. The van der Waals surface area contributed by atoms with Crippen LogP contribution in [0.4, 0.5) is 4.79 Å². The fraction of sp³-hybridized carbons (Fsp3) is 0.400. The number of carbonyl (C=O) groups is 2. The lowest BCUT2D eigenvalue weighted by molar-refractivity contribution is -0.125. The highest BCUT2D eigenvalue weighted by atomic mass is 32.1. The number of nitrogens with two attached hydrogens (primary N) is 1. The van der Waals surface area contributed by atoms with Crippen molar-refractivity contribution in [3.05, 3.63) is 21.9 Å². The van der Waals surface area contributed by atoms with Crippen molar-refractivity contribution >= 4 is 23.3 Å². The number of urea groups is 1. The Morgan fingerprint density at radius 1 is 1.56 bits per heavy atom. The Kier molecular flexibility index (Phi) is 2.93. The predicted octanol–water partition coefficient (Wildman–Crippen LogP) is 0.608. The second-order valence-electron chi connectivity index (χ2n) is 3.72. The van der Waals surface area contributed by atoms with Crippen LogP contribution in [0, 0.1) is 6.92 Å². The average molecular weight is 239 g/mol. The SMILES string of the molecule is Cc1ccc(C(N)CN2C(=O)CNC2=O)s1. The van der Waals surface area contributed by atoms with Gasteiger partial charge < -0.3 is 11.1 Å². The van der Waals surface area contributed by atoms with Crippen LogP contribution in [-0.2, 0) is 4.79 Å². The molecule has 5 nitrogen and oxygen atoms in total. The van der Waals surface area contributed by atoms with Crippen molar-refractivity contribution in [3.8, 4) is 0 Å². The van der Waals surface area contributed by atoms with Crippen molar-refractivity contribution in [2.45, 2.75) is 13.0 Å². The van der Waals surface area contributed by atoms with Gasteiger partial charge in [0.05, 0.1) is 19.1 Å². The van der Waals surface area contributed by atoms with E-state index in [1.807, 2.05) is 19.1 Å². The van der Waals surface area contributed by atoms with Crippen LogP contribution in [-0.4, -0.2) is 29.9 Å². The molecular weight excluding hydrogens is 226 g/mol. The van der Waals surface area contributed by atoms with Gasteiger partial charge in [0.2, 0.25) is 5.91 Å². The Hall–Kier alpha value is -1.40. The molecule has 2 rings (SSSR count). The van der Waals surface area contributed by atoms with Crippen LogP contribution >= 0.6 is 11.3 Å². The third-order valence-corrected chi connectivity index (χ3v) is 3.58. The number of thiophene rings is 1. The van der Waals surface area contributed by atoms with E-state index >= 15 is 0 Å². The van der Waals surface area contributed by atoms with Gasteiger partial charge >= 0.3 is 6.03 Å². The highest BCUT2D eigenvalue weighted by molar-refractivity contribution is 7.12. The molecule has 0 spiro atoms. The molecule has 0 bridgehead atoms. The van der Waals surface area contributed by atoms with Gasteiger partial charge in [-0.05, 0) is 19.1 Å². The molecule has 1 aliphatic heterocycles. The molecule has 3 N–H and O–H groups in total. The number of aryl methyl sites for hydroxylation is 1. The van der Waals surface area contributed by atoms with Gasteiger partial charge in [-0.2, -0.15) is 0 Å². The molecule has 1 aromatic heterocycles. The van der Waals surface area contributed by atoms with Crippen LogP contribution in [0.15, 0.2) is 12.1 Å². The van der Waals surface area contributed by atoms with Crippen LogP contribution < -0.4 is 11.1 Å². The maximum atomic E-state index is 11.3. The maximum absolute atomic E-state index is 11.3. The molecule has 86 valence electrons. The van der Waals surface area contributed by atoms with Gasteiger partial charge in [0, 0.05) is 9.75 Å². The van der Waals surface area contributed by atoms with Crippen LogP contribution in [0.25, 0.3) is 0 Å². The van der Waals surface area contributed by atoms with E-state index in [-0.39, 0.29) is 31.1 Å². The molecule has 2 heterocycles. The summed E-state index contributed by atoms with van der Waals surface area (Å²) in [6.07, 6.45) is 0. The van der Waals surface area contributed by atoms with Crippen molar-refractivity contribution in [2.24, 2.45) is 5.73 Å². The standard InChI is InChI=1S/C10H13N3O2S/c1-6-2-3-8(16-6)7(11)5-13-9(14)4-12-10(13)15/h2-3,7H,4-5,11H2,1H3,(H,12,15). The smallest absolute Gasteiger partial charge is 0.324 e. The van der Waals surface area contributed by atoms with Crippen LogP contribution in [0.2, 0.25) is 0 Å². The van der Waals surface area contributed by atoms with Crippen molar-refractivity contribution < 1.29 is 9.59 Å². The quantitative estimate of drug-likeness (QED) is 0.759. The first-order valence-corrected chi connectivity index (χ1v) is 5.79.